The molecule has 1 heterocycles. The molecule has 4 aromatic carbocycles. The number of anilines is 1. The summed E-state index contributed by atoms with van der Waals surface area (Å²) in [5.41, 5.74) is 2.67. The average molecular weight is 552 g/mol. The van der Waals surface area contributed by atoms with Crippen LogP contribution in [0.5, 0.6) is 17.2 Å². The first-order valence-corrected chi connectivity index (χ1v) is 13.3. The standard InChI is InChI=1S/C32H29N3O6/c1-3-40-24-11-13-25(14-12-24)41-26-19-22(18-23(20-26)35(38)39)33-31(36)9-6-16-34-29-8-5-4-7-27(29)32(37)28-17-21(2)10-15-30(28)34/h4-5,7-8,10-15,17-20H,3,6,9,16H2,1-2H3,(H,33,36). The van der Waals surface area contributed by atoms with E-state index in [0.717, 1.165) is 16.6 Å². The molecule has 0 aliphatic heterocycles. The zero-order valence-corrected chi connectivity index (χ0v) is 22.8. The molecule has 0 bridgehead atoms. The second kappa shape index (κ2) is 11.9. The van der Waals surface area contributed by atoms with Gasteiger partial charge in [0.2, 0.25) is 5.91 Å². The number of aryl methyl sites for hydroxylation is 2. The first-order valence-electron chi connectivity index (χ1n) is 13.3. The van der Waals surface area contributed by atoms with E-state index in [1.807, 2.05) is 56.3 Å². The van der Waals surface area contributed by atoms with Crippen molar-refractivity contribution in [2.24, 2.45) is 0 Å². The van der Waals surface area contributed by atoms with Crippen molar-refractivity contribution in [3.63, 3.8) is 0 Å². The van der Waals surface area contributed by atoms with Gasteiger partial charge >= 0.3 is 0 Å². The molecule has 0 saturated heterocycles. The minimum absolute atomic E-state index is 0.0118. The van der Waals surface area contributed by atoms with Crippen LogP contribution in [0.25, 0.3) is 21.8 Å². The van der Waals surface area contributed by atoms with Gasteiger partial charge in [-0.3, -0.25) is 19.7 Å². The van der Waals surface area contributed by atoms with Gasteiger partial charge in [0.05, 0.1) is 34.3 Å². The van der Waals surface area contributed by atoms with Crippen molar-refractivity contribution < 1.29 is 19.2 Å². The topological polar surface area (TPSA) is 113 Å². The van der Waals surface area contributed by atoms with Gasteiger partial charge in [0.1, 0.15) is 17.2 Å². The second-order valence-corrected chi connectivity index (χ2v) is 9.65. The highest BCUT2D eigenvalue weighted by molar-refractivity contribution is 5.94. The van der Waals surface area contributed by atoms with Crippen molar-refractivity contribution in [2.75, 3.05) is 11.9 Å². The number of ether oxygens (including phenoxy) is 2. The highest BCUT2D eigenvalue weighted by Gasteiger charge is 2.15. The number of non-ortho nitro benzene ring substituents is 1. The van der Waals surface area contributed by atoms with Crippen LogP contribution in [0.4, 0.5) is 11.4 Å². The Labute approximate surface area is 236 Å². The maximum Gasteiger partial charge on any atom is 0.275 e. The molecule has 0 aliphatic carbocycles. The van der Waals surface area contributed by atoms with E-state index in [2.05, 4.69) is 9.88 Å². The number of pyridine rings is 1. The quantitative estimate of drug-likeness (QED) is 0.114. The van der Waals surface area contributed by atoms with Gasteiger partial charge in [-0.2, -0.15) is 0 Å². The molecule has 1 aromatic heterocycles. The van der Waals surface area contributed by atoms with Gasteiger partial charge in [-0.25, -0.2) is 0 Å². The minimum atomic E-state index is -0.533. The number of nitro benzene ring substituents is 1. The van der Waals surface area contributed by atoms with Crippen molar-refractivity contribution in [1.29, 1.82) is 0 Å². The fourth-order valence-corrected chi connectivity index (χ4v) is 4.83. The molecule has 9 nitrogen and oxygen atoms in total. The van der Waals surface area contributed by atoms with Crippen LogP contribution in [-0.4, -0.2) is 22.0 Å². The molecule has 0 fully saturated rings. The van der Waals surface area contributed by atoms with Gasteiger partial charge in [0, 0.05) is 35.9 Å². The molecule has 9 heteroatoms. The van der Waals surface area contributed by atoms with Gasteiger partial charge in [-0.1, -0.05) is 23.8 Å². The number of carbonyl (C=O) groups excluding carboxylic acids is 1. The van der Waals surface area contributed by atoms with Crippen molar-refractivity contribution in [1.82, 2.24) is 4.57 Å². The van der Waals surface area contributed by atoms with Crippen LogP contribution in [0.2, 0.25) is 0 Å². The summed E-state index contributed by atoms with van der Waals surface area (Å²) < 4.78 is 13.3. The Morgan fingerprint density at radius 1 is 0.902 bits per heavy atom. The number of fused-ring (bicyclic) bond motifs is 2. The Hall–Kier alpha value is -5.18. The van der Waals surface area contributed by atoms with Crippen LogP contribution in [0.1, 0.15) is 25.3 Å². The minimum Gasteiger partial charge on any atom is -0.494 e. The van der Waals surface area contributed by atoms with E-state index >= 15 is 0 Å². The van der Waals surface area contributed by atoms with Crippen LogP contribution in [0.3, 0.4) is 0 Å². The summed E-state index contributed by atoms with van der Waals surface area (Å²) in [6.45, 7) is 4.88. The summed E-state index contributed by atoms with van der Waals surface area (Å²) in [4.78, 5) is 37.0. The zero-order valence-electron chi connectivity index (χ0n) is 22.8. The predicted molar refractivity (Wildman–Crippen MR) is 159 cm³/mol. The number of rotatable bonds is 10. The molecule has 208 valence electrons. The molecule has 41 heavy (non-hydrogen) atoms. The monoisotopic (exact) mass is 551 g/mol. The number of nitrogens with zero attached hydrogens (tertiary/aromatic N) is 2. The van der Waals surface area contributed by atoms with Crippen LogP contribution < -0.4 is 20.2 Å². The summed E-state index contributed by atoms with van der Waals surface area (Å²) in [5, 5.41) is 15.6. The number of hydrogen-bond donors (Lipinski definition) is 1. The molecule has 5 aromatic rings. The summed E-state index contributed by atoms with van der Waals surface area (Å²) in [7, 11) is 0. The summed E-state index contributed by atoms with van der Waals surface area (Å²) in [6.07, 6.45) is 0.664. The fourth-order valence-electron chi connectivity index (χ4n) is 4.83. The lowest BCUT2D eigenvalue weighted by molar-refractivity contribution is -0.384. The molecule has 5 rings (SSSR count). The Morgan fingerprint density at radius 3 is 2.39 bits per heavy atom. The SMILES string of the molecule is CCOc1ccc(Oc2cc(NC(=O)CCCn3c4ccccc4c(=O)c4cc(C)ccc43)cc([N+](=O)[O-])c2)cc1. The lowest BCUT2D eigenvalue weighted by Gasteiger charge is -2.15. The van der Waals surface area contributed by atoms with Gasteiger partial charge in [0.25, 0.3) is 5.69 Å². The lowest BCUT2D eigenvalue weighted by atomic mass is 10.1. The molecule has 0 aliphatic rings. The van der Waals surface area contributed by atoms with Gasteiger partial charge in [0.15, 0.2) is 5.43 Å². The van der Waals surface area contributed by atoms with E-state index in [-0.39, 0.29) is 34.9 Å². The summed E-state index contributed by atoms with van der Waals surface area (Å²) in [5.74, 6) is 1.09. The number of amides is 1. The Balaban J connectivity index is 1.31. The van der Waals surface area contributed by atoms with Crippen LogP contribution in [-0.2, 0) is 11.3 Å². The number of carbonyl (C=O) groups is 1. The molecule has 1 N–H and O–H groups in total. The molecule has 1 amide bonds. The number of benzene rings is 4. The van der Waals surface area contributed by atoms with Crippen molar-refractivity contribution in [2.45, 2.75) is 33.2 Å². The van der Waals surface area contributed by atoms with Crippen molar-refractivity contribution in [3.05, 3.63) is 111 Å². The third-order valence-electron chi connectivity index (χ3n) is 6.67. The smallest absolute Gasteiger partial charge is 0.275 e. The maximum atomic E-state index is 13.1. The third kappa shape index (κ3) is 6.19. The number of para-hydroxylation sites is 1. The Kier molecular flexibility index (Phi) is 7.96. The first-order chi connectivity index (χ1) is 19.8. The normalized spacial score (nSPS) is 11.0. The molecular formula is C32H29N3O6. The van der Waals surface area contributed by atoms with Crippen molar-refractivity contribution in [3.8, 4) is 17.2 Å². The number of hydrogen-bond acceptors (Lipinski definition) is 6. The van der Waals surface area contributed by atoms with E-state index in [9.17, 15) is 19.7 Å². The number of aromatic nitrogens is 1. The van der Waals surface area contributed by atoms with E-state index < -0.39 is 4.92 Å². The highest BCUT2D eigenvalue weighted by Crippen LogP contribution is 2.31. The van der Waals surface area contributed by atoms with Crippen LogP contribution in [0, 0.1) is 17.0 Å². The van der Waals surface area contributed by atoms with E-state index in [0.29, 0.717) is 41.8 Å². The lowest BCUT2D eigenvalue weighted by Crippen LogP contribution is -2.15. The van der Waals surface area contributed by atoms with Gasteiger partial charge in [-0.15, -0.1) is 0 Å². The predicted octanol–water partition coefficient (Wildman–Crippen LogP) is 6.98. The summed E-state index contributed by atoms with van der Waals surface area (Å²) in [6, 6.07) is 24.3. The Bertz CT molecular complexity index is 1810. The van der Waals surface area contributed by atoms with E-state index in [1.165, 1.54) is 12.1 Å². The van der Waals surface area contributed by atoms with Crippen LogP contribution in [0.15, 0.2) is 89.7 Å². The van der Waals surface area contributed by atoms with Crippen LogP contribution >= 0.6 is 0 Å². The number of nitrogens with one attached hydrogen (secondary N) is 1. The fraction of sp³-hybridized carbons (Fsp3) is 0.188. The zero-order chi connectivity index (χ0) is 28.9. The largest absolute Gasteiger partial charge is 0.494 e. The molecule has 0 atom stereocenters. The van der Waals surface area contributed by atoms with E-state index in [4.69, 9.17) is 9.47 Å². The Morgan fingerprint density at radius 2 is 1.63 bits per heavy atom. The molecule has 0 spiro atoms. The molecule has 0 unspecified atom stereocenters. The average Bonchev–Trinajstić information content (AvgIpc) is 2.96. The maximum absolute atomic E-state index is 13.1. The molecule has 0 saturated carbocycles. The second-order valence-electron chi connectivity index (χ2n) is 9.65. The molecular weight excluding hydrogens is 522 g/mol. The van der Waals surface area contributed by atoms with Crippen molar-refractivity contribution >= 4 is 39.1 Å². The molecule has 0 radical (unpaired) electrons. The third-order valence-corrected chi connectivity index (χ3v) is 6.67. The summed E-state index contributed by atoms with van der Waals surface area (Å²) >= 11 is 0. The van der Waals surface area contributed by atoms with E-state index in [1.54, 1.807) is 30.3 Å². The highest BCUT2D eigenvalue weighted by atomic mass is 16.6. The number of nitro groups is 1. The van der Waals surface area contributed by atoms with Gasteiger partial charge < -0.3 is 19.4 Å². The first kappa shape index (κ1) is 27.4. The van der Waals surface area contributed by atoms with Gasteiger partial charge in [-0.05, 0) is 68.8 Å².